The number of urea groups is 1. The minimum atomic E-state index is -1.46. The molecule has 1 heterocycles. The second-order valence-corrected chi connectivity index (χ2v) is 9.26. The molecule has 0 saturated carbocycles. The summed E-state index contributed by atoms with van der Waals surface area (Å²) in [5.41, 5.74) is 2.58. The van der Waals surface area contributed by atoms with Gasteiger partial charge in [0.1, 0.15) is 17.7 Å². The lowest BCUT2D eigenvalue weighted by atomic mass is 9.92. The van der Waals surface area contributed by atoms with Gasteiger partial charge < -0.3 is 46.0 Å². The van der Waals surface area contributed by atoms with Crippen molar-refractivity contribution in [3.8, 4) is 0 Å². The number of ether oxygens (including phenoxy) is 1. The molecule has 3 rings (SSSR count). The summed E-state index contributed by atoms with van der Waals surface area (Å²) in [5.74, 6) is 0. The summed E-state index contributed by atoms with van der Waals surface area (Å²) in [6.45, 7) is -1.78. The summed E-state index contributed by atoms with van der Waals surface area (Å²) in [6, 6.07) is 15.2. The molecule has 0 aliphatic carbocycles. The van der Waals surface area contributed by atoms with E-state index in [-0.39, 0.29) is 13.0 Å². The molecule has 0 aromatic heterocycles. The Labute approximate surface area is 210 Å². The number of hydrogen-bond acceptors (Lipinski definition) is 8. The van der Waals surface area contributed by atoms with Gasteiger partial charge in [-0.1, -0.05) is 48.5 Å². The molecule has 198 valence electrons. The van der Waals surface area contributed by atoms with Gasteiger partial charge in [-0.3, -0.25) is 0 Å². The maximum atomic E-state index is 12.0. The molecule has 10 nitrogen and oxygen atoms in total. The fraction of sp³-hybridized carbons (Fsp3) is 0.500. The van der Waals surface area contributed by atoms with Crippen molar-refractivity contribution in [2.24, 2.45) is 0 Å². The van der Waals surface area contributed by atoms with Crippen LogP contribution in [0.2, 0.25) is 0 Å². The highest BCUT2D eigenvalue weighted by Gasteiger charge is 2.37. The maximum absolute atomic E-state index is 12.0. The molecule has 1 fully saturated rings. The van der Waals surface area contributed by atoms with Gasteiger partial charge in [-0.25, -0.2) is 4.79 Å². The number of hydrogen-bond donors (Lipinski definition) is 8. The first-order valence-electron chi connectivity index (χ1n) is 12.0. The number of amides is 2. The third-order valence-corrected chi connectivity index (χ3v) is 6.49. The van der Waals surface area contributed by atoms with Gasteiger partial charge in [-0.2, -0.15) is 0 Å². The van der Waals surface area contributed by atoms with Gasteiger partial charge in [-0.15, -0.1) is 0 Å². The van der Waals surface area contributed by atoms with Crippen molar-refractivity contribution < 1.29 is 40.2 Å². The van der Waals surface area contributed by atoms with Crippen LogP contribution in [0.25, 0.3) is 0 Å². The lowest BCUT2D eigenvalue weighted by Gasteiger charge is -2.36. The first-order valence-corrected chi connectivity index (χ1v) is 12.0. The molecule has 8 N–H and O–H groups in total. The first-order chi connectivity index (χ1) is 17.3. The van der Waals surface area contributed by atoms with E-state index in [0.717, 1.165) is 22.3 Å². The van der Waals surface area contributed by atoms with Crippen LogP contribution in [0.5, 0.6) is 0 Å². The minimum absolute atomic E-state index is 0.253. The quantitative estimate of drug-likeness (QED) is 0.200. The fourth-order valence-corrected chi connectivity index (χ4v) is 4.16. The van der Waals surface area contributed by atoms with Crippen LogP contribution in [0.4, 0.5) is 4.79 Å². The Balaban J connectivity index is 1.52. The van der Waals surface area contributed by atoms with Crippen LogP contribution in [-0.2, 0) is 17.6 Å². The maximum Gasteiger partial charge on any atom is 0.315 e. The molecule has 0 spiro atoms. The monoisotopic (exact) mass is 504 g/mol. The van der Waals surface area contributed by atoms with E-state index >= 15 is 0 Å². The lowest BCUT2D eigenvalue weighted by molar-refractivity contribution is -0.181. The molecule has 2 aromatic rings. The molecule has 1 aliphatic rings. The zero-order chi connectivity index (χ0) is 26.1. The van der Waals surface area contributed by atoms with Crippen molar-refractivity contribution in [2.45, 2.75) is 49.2 Å². The molecule has 0 bridgehead atoms. The van der Waals surface area contributed by atoms with E-state index in [2.05, 4.69) is 10.6 Å². The molecular weight excluding hydrogens is 468 g/mol. The molecule has 2 amide bonds. The van der Waals surface area contributed by atoms with E-state index in [1.165, 1.54) is 0 Å². The van der Waals surface area contributed by atoms with Gasteiger partial charge in [0, 0.05) is 13.0 Å². The van der Waals surface area contributed by atoms with Crippen LogP contribution >= 0.6 is 0 Å². The Morgan fingerprint density at radius 3 is 2.25 bits per heavy atom. The van der Waals surface area contributed by atoms with Crippen LogP contribution in [0.15, 0.2) is 48.5 Å². The first kappa shape index (κ1) is 28.0. The van der Waals surface area contributed by atoms with Crippen LogP contribution in [-0.4, -0.2) is 93.5 Å². The number of aliphatic hydroxyl groups is 6. The van der Waals surface area contributed by atoms with Crippen molar-refractivity contribution in [3.63, 3.8) is 0 Å². The van der Waals surface area contributed by atoms with Gasteiger partial charge in [-0.05, 0) is 35.1 Å². The zero-order valence-corrected chi connectivity index (χ0v) is 20.1. The van der Waals surface area contributed by atoms with Crippen molar-refractivity contribution >= 4 is 6.03 Å². The van der Waals surface area contributed by atoms with E-state index in [0.29, 0.717) is 19.4 Å². The van der Waals surface area contributed by atoms with Crippen molar-refractivity contribution in [2.75, 3.05) is 33.0 Å². The highest BCUT2D eigenvalue weighted by Crippen LogP contribution is 2.32. The molecule has 4 atom stereocenters. The average molecular weight is 505 g/mol. The van der Waals surface area contributed by atoms with Gasteiger partial charge in [0.05, 0.1) is 38.6 Å². The van der Waals surface area contributed by atoms with Crippen LogP contribution in [0.1, 0.15) is 34.8 Å². The number of benzene rings is 2. The molecule has 0 unspecified atom stereocenters. The Bertz CT molecular complexity index is 958. The SMILES string of the molecule is O=C(NCCc1ccc(Cc2cccc([C@H]3C[C@@H](O)[C@H](O)[C@@H](CO)O3)c2)cc1)NC(CO)(CO)CO. The fourth-order valence-electron chi connectivity index (χ4n) is 4.16. The average Bonchev–Trinajstić information content (AvgIpc) is 2.90. The predicted octanol–water partition coefficient (Wildman–Crippen LogP) is -0.621. The van der Waals surface area contributed by atoms with Crippen LogP contribution < -0.4 is 10.6 Å². The zero-order valence-electron chi connectivity index (χ0n) is 20.1. The van der Waals surface area contributed by atoms with E-state index in [9.17, 15) is 35.4 Å². The van der Waals surface area contributed by atoms with Crippen LogP contribution in [0, 0.1) is 0 Å². The van der Waals surface area contributed by atoms with Crippen LogP contribution in [0.3, 0.4) is 0 Å². The number of carbonyl (C=O) groups is 1. The number of aliphatic hydroxyl groups excluding tert-OH is 6. The number of rotatable bonds is 11. The molecule has 36 heavy (non-hydrogen) atoms. The second-order valence-electron chi connectivity index (χ2n) is 9.26. The Kier molecular flexibility index (Phi) is 10.2. The highest BCUT2D eigenvalue weighted by molar-refractivity contribution is 5.74. The summed E-state index contributed by atoms with van der Waals surface area (Å²) < 4.78 is 5.79. The third kappa shape index (κ3) is 7.23. The van der Waals surface area contributed by atoms with Crippen molar-refractivity contribution in [1.29, 1.82) is 0 Å². The van der Waals surface area contributed by atoms with E-state index in [1.54, 1.807) is 0 Å². The molecular formula is C26H36N2O8. The number of carbonyl (C=O) groups excluding carboxylic acids is 1. The normalized spacial score (nSPS) is 22.3. The Morgan fingerprint density at radius 1 is 0.944 bits per heavy atom. The highest BCUT2D eigenvalue weighted by atomic mass is 16.5. The summed E-state index contributed by atoms with van der Waals surface area (Å²) in [4.78, 5) is 12.0. The second kappa shape index (κ2) is 13.1. The van der Waals surface area contributed by atoms with Crippen molar-refractivity contribution in [3.05, 3.63) is 70.8 Å². The Hall–Kier alpha value is -2.57. The number of nitrogens with one attached hydrogen (secondary N) is 2. The summed E-state index contributed by atoms with van der Waals surface area (Å²) >= 11 is 0. The minimum Gasteiger partial charge on any atom is -0.394 e. The van der Waals surface area contributed by atoms with E-state index in [4.69, 9.17) is 4.74 Å². The summed E-state index contributed by atoms with van der Waals surface area (Å²) in [5, 5.41) is 62.4. The molecule has 1 aliphatic heterocycles. The van der Waals surface area contributed by atoms with E-state index < -0.39 is 55.8 Å². The summed E-state index contributed by atoms with van der Waals surface area (Å²) in [6.07, 6.45) is -1.79. The Morgan fingerprint density at radius 2 is 1.61 bits per heavy atom. The van der Waals surface area contributed by atoms with Crippen molar-refractivity contribution in [1.82, 2.24) is 10.6 Å². The predicted molar refractivity (Wildman–Crippen MR) is 131 cm³/mol. The third-order valence-electron chi connectivity index (χ3n) is 6.49. The molecule has 1 saturated heterocycles. The molecule has 2 aromatic carbocycles. The smallest absolute Gasteiger partial charge is 0.315 e. The molecule has 0 radical (unpaired) electrons. The van der Waals surface area contributed by atoms with Gasteiger partial charge in [0.25, 0.3) is 0 Å². The van der Waals surface area contributed by atoms with E-state index in [1.807, 2.05) is 48.5 Å². The largest absolute Gasteiger partial charge is 0.394 e. The van der Waals surface area contributed by atoms with Gasteiger partial charge >= 0.3 is 6.03 Å². The molecule has 10 heteroatoms. The van der Waals surface area contributed by atoms with Gasteiger partial charge in [0.15, 0.2) is 0 Å². The van der Waals surface area contributed by atoms with Gasteiger partial charge in [0.2, 0.25) is 0 Å². The standard InChI is InChI=1S/C26H36N2O8/c29-13-23-24(34)21(33)12-22(36-23)20-3-1-2-19(11-20)10-18-6-4-17(5-7-18)8-9-27-25(35)28-26(14-30,15-31)16-32/h1-7,11,21-24,29-34H,8-10,12-16H2,(H2,27,28,35)/t21-,22-,23-,24+/m1/s1. The summed E-state index contributed by atoms with van der Waals surface area (Å²) in [7, 11) is 0. The lowest BCUT2D eigenvalue weighted by Crippen LogP contribution is -2.59. The topological polar surface area (TPSA) is 172 Å².